The van der Waals surface area contributed by atoms with Crippen LogP contribution in [0.5, 0.6) is 0 Å². The van der Waals surface area contributed by atoms with Gasteiger partial charge in [-0.3, -0.25) is 9.59 Å². The molecule has 0 aromatic rings. The number of ether oxygens (including phenoxy) is 1. The molecule has 2 atom stereocenters. The van der Waals surface area contributed by atoms with Gasteiger partial charge >= 0.3 is 12.0 Å². The topological polar surface area (TPSA) is 99.5 Å². The van der Waals surface area contributed by atoms with E-state index in [0.29, 0.717) is 11.1 Å². The van der Waals surface area contributed by atoms with Crippen LogP contribution in [0.3, 0.4) is 0 Å². The lowest BCUT2D eigenvalue weighted by Gasteiger charge is -2.12. The lowest BCUT2D eigenvalue weighted by Crippen LogP contribution is -2.34. The van der Waals surface area contributed by atoms with Gasteiger partial charge in [-0.05, 0) is 23.8 Å². The number of allylic oxidation sites excluding steroid dienone is 3. The molecule has 1 N–H and O–H groups in total. The summed E-state index contributed by atoms with van der Waals surface area (Å²) in [5.41, 5.74) is 0.750. The predicted octanol–water partition coefficient (Wildman–Crippen LogP) is 1.34. The minimum atomic E-state index is -0.566. The van der Waals surface area contributed by atoms with Gasteiger partial charge in [0.25, 0.3) is 5.91 Å². The van der Waals surface area contributed by atoms with Crippen LogP contribution in [0.4, 0.5) is 4.79 Å². The SMILES string of the molecule is C=C(C)/C(C#N)=C/[C@@H]1[C@@H](C(=O)OCN2C(=O)CNC2=O)C1(C)C. The van der Waals surface area contributed by atoms with Gasteiger partial charge in [0.15, 0.2) is 6.73 Å². The molecule has 0 aromatic carbocycles. The smallest absolute Gasteiger partial charge is 0.327 e. The first-order chi connectivity index (χ1) is 10.7. The van der Waals surface area contributed by atoms with Crippen molar-refractivity contribution in [1.82, 2.24) is 10.2 Å². The minimum Gasteiger partial charge on any atom is -0.443 e. The van der Waals surface area contributed by atoms with E-state index in [4.69, 9.17) is 10.00 Å². The van der Waals surface area contributed by atoms with Gasteiger partial charge in [-0.1, -0.05) is 26.5 Å². The monoisotopic (exact) mass is 317 g/mol. The molecule has 1 aliphatic heterocycles. The molecular weight excluding hydrogens is 298 g/mol. The molecule has 7 nitrogen and oxygen atoms in total. The zero-order chi connectivity index (χ0) is 17.4. The summed E-state index contributed by atoms with van der Waals surface area (Å²) in [5.74, 6) is -1.46. The number of imide groups is 1. The fourth-order valence-corrected chi connectivity index (χ4v) is 2.70. The van der Waals surface area contributed by atoms with Crippen LogP contribution in [0.25, 0.3) is 0 Å². The van der Waals surface area contributed by atoms with Crippen molar-refractivity contribution in [3.05, 3.63) is 23.8 Å². The lowest BCUT2D eigenvalue weighted by atomic mass is 10.0. The predicted molar refractivity (Wildman–Crippen MR) is 80.5 cm³/mol. The third-order valence-corrected chi connectivity index (χ3v) is 4.36. The Labute approximate surface area is 134 Å². The molecule has 7 heteroatoms. The number of carbonyl (C=O) groups excluding carboxylic acids is 3. The van der Waals surface area contributed by atoms with Crippen LogP contribution in [0.2, 0.25) is 0 Å². The average molecular weight is 317 g/mol. The first-order valence-corrected chi connectivity index (χ1v) is 7.22. The molecule has 1 saturated heterocycles. The van der Waals surface area contributed by atoms with Crippen LogP contribution in [0.15, 0.2) is 23.8 Å². The molecule has 23 heavy (non-hydrogen) atoms. The second-order valence-corrected chi connectivity index (χ2v) is 6.37. The fraction of sp³-hybridized carbons (Fsp3) is 0.500. The normalized spacial score (nSPS) is 25.7. The zero-order valence-electron chi connectivity index (χ0n) is 13.4. The third kappa shape index (κ3) is 3.11. The second-order valence-electron chi connectivity index (χ2n) is 6.37. The van der Waals surface area contributed by atoms with Crippen molar-refractivity contribution in [3.63, 3.8) is 0 Å². The Hall–Kier alpha value is -2.62. The molecule has 1 heterocycles. The minimum absolute atomic E-state index is 0.0825. The van der Waals surface area contributed by atoms with Crippen LogP contribution in [0, 0.1) is 28.6 Å². The molecule has 0 bridgehead atoms. The quantitative estimate of drug-likeness (QED) is 0.357. The maximum Gasteiger partial charge on any atom is 0.327 e. The molecule has 1 aliphatic carbocycles. The van der Waals surface area contributed by atoms with E-state index in [9.17, 15) is 14.4 Å². The van der Waals surface area contributed by atoms with Crippen LogP contribution < -0.4 is 5.32 Å². The summed E-state index contributed by atoms with van der Waals surface area (Å²) < 4.78 is 5.10. The largest absolute Gasteiger partial charge is 0.443 e. The molecule has 0 spiro atoms. The number of hydrogen-bond donors (Lipinski definition) is 1. The van der Waals surface area contributed by atoms with E-state index in [-0.39, 0.29) is 17.9 Å². The molecule has 3 amide bonds. The summed E-state index contributed by atoms with van der Waals surface area (Å²) in [5, 5.41) is 11.4. The Balaban J connectivity index is 2.00. The number of nitriles is 1. The van der Waals surface area contributed by atoms with E-state index in [1.807, 2.05) is 13.8 Å². The van der Waals surface area contributed by atoms with Crippen LogP contribution in [-0.2, 0) is 14.3 Å². The van der Waals surface area contributed by atoms with Crippen molar-refractivity contribution < 1.29 is 19.1 Å². The average Bonchev–Trinajstić information content (AvgIpc) is 2.86. The Morgan fingerprint density at radius 3 is 2.70 bits per heavy atom. The van der Waals surface area contributed by atoms with Crippen molar-refractivity contribution in [1.29, 1.82) is 5.26 Å². The van der Waals surface area contributed by atoms with E-state index < -0.39 is 30.6 Å². The van der Waals surface area contributed by atoms with Crippen LogP contribution >= 0.6 is 0 Å². The van der Waals surface area contributed by atoms with E-state index >= 15 is 0 Å². The van der Waals surface area contributed by atoms with Gasteiger partial charge < -0.3 is 10.1 Å². The summed E-state index contributed by atoms with van der Waals surface area (Å²) in [4.78, 5) is 35.9. The Kier molecular flexibility index (Phi) is 4.28. The zero-order valence-corrected chi connectivity index (χ0v) is 13.4. The molecule has 0 aromatic heterocycles. The van der Waals surface area contributed by atoms with Gasteiger partial charge in [-0.15, -0.1) is 0 Å². The van der Waals surface area contributed by atoms with Crippen molar-refractivity contribution in [2.75, 3.05) is 13.3 Å². The highest BCUT2D eigenvalue weighted by Crippen LogP contribution is 2.60. The number of hydrogen-bond acceptors (Lipinski definition) is 5. The van der Waals surface area contributed by atoms with Gasteiger partial charge in [-0.2, -0.15) is 5.26 Å². The van der Waals surface area contributed by atoms with Crippen molar-refractivity contribution >= 4 is 17.9 Å². The van der Waals surface area contributed by atoms with E-state index in [1.165, 1.54) is 0 Å². The Morgan fingerprint density at radius 2 is 2.22 bits per heavy atom. The van der Waals surface area contributed by atoms with E-state index in [1.54, 1.807) is 13.0 Å². The summed E-state index contributed by atoms with van der Waals surface area (Å²) in [6.45, 7) is 8.80. The van der Waals surface area contributed by atoms with Gasteiger partial charge in [0.05, 0.1) is 24.1 Å². The Morgan fingerprint density at radius 1 is 1.57 bits per heavy atom. The van der Waals surface area contributed by atoms with Gasteiger partial charge in [0, 0.05) is 0 Å². The molecule has 0 unspecified atom stereocenters. The number of rotatable bonds is 5. The van der Waals surface area contributed by atoms with E-state index in [2.05, 4.69) is 18.0 Å². The summed E-state index contributed by atoms with van der Waals surface area (Å²) >= 11 is 0. The number of nitrogens with zero attached hydrogens (tertiary/aromatic N) is 2. The maximum atomic E-state index is 12.2. The number of nitrogens with one attached hydrogen (secondary N) is 1. The fourth-order valence-electron chi connectivity index (χ4n) is 2.70. The first-order valence-electron chi connectivity index (χ1n) is 7.22. The molecule has 1 saturated carbocycles. The third-order valence-electron chi connectivity index (χ3n) is 4.36. The molecular formula is C16H19N3O4. The van der Waals surface area contributed by atoms with Crippen molar-refractivity contribution in [2.45, 2.75) is 20.8 Å². The Bertz CT molecular complexity index is 641. The second kappa shape index (κ2) is 5.88. The summed E-state index contributed by atoms with van der Waals surface area (Å²) in [6.07, 6.45) is 1.74. The van der Waals surface area contributed by atoms with Crippen molar-refractivity contribution in [3.8, 4) is 6.07 Å². The summed E-state index contributed by atoms with van der Waals surface area (Å²) in [6, 6.07) is 1.50. The van der Waals surface area contributed by atoms with Gasteiger partial charge in [0.2, 0.25) is 0 Å². The molecule has 2 rings (SSSR count). The molecule has 122 valence electrons. The summed E-state index contributed by atoms with van der Waals surface area (Å²) in [7, 11) is 0. The highest BCUT2D eigenvalue weighted by Gasteiger charge is 2.61. The van der Waals surface area contributed by atoms with Crippen LogP contribution in [-0.4, -0.2) is 36.1 Å². The standard InChI is InChI=1S/C16H19N3O4/c1-9(2)10(6-17)5-11-13(16(11,3)4)14(21)23-8-19-12(20)7-18-15(19)22/h5,11,13H,1,7-8H2,2-4H3,(H,18,22)/b10-5+/t11-,13+/m1/s1. The highest BCUT2D eigenvalue weighted by atomic mass is 16.5. The number of urea groups is 1. The lowest BCUT2D eigenvalue weighted by molar-refractivity contribution is -0.151. The first kappa shape index (κ1) is 16.7. The van der Waals surface area contributed by atoms with Crippen molar-refractivity contribution in [2.24, 2.45) is 17.3 Å². The maximum absolute atomic E-state index is 12.2. The van der Waals surface area contributed by atoms with Gasteiger partial charge in [0.1, 0.15) is 0 Å². The molecule has 0 radical (unpaired) electrons. The molecule has 2 aliphatic rings. The van der Waals surface area contributed by atoms with Gasteiger partial charge in [-0.25, -0.2) is 9.69 Å². The number of esters is 1. The number of carbonyl (C=O) groups is 3. The number of amides is 3. The van der Waals surface area contributed by atoms with E-state index in [0.717, 1.165) is 4.90 Å². The molecule has 2 fully saturated rings. The highest BCUT2D eigenvalue weighted by molar-refractivity contribution is 6.01. The van der Waals surface area contributed by atoms with Crippen LogP contribution in [0.1, 0.15) is 20.8 Å².